The summed E-state index contributed by atoms with van der Waals surface area (Å²) in [5.74, 6) is -0.0631. The zero-order valence-electron chi connectivity index (χ0n) is 13.7. The molecule has 0 radical (unpaired) electrons. The number of carbonyl (C=O) groups excluding carboxylic acids is 1. The predicted octanol–water partition coefficient (Wildman–Crippen LogP) is 2.10. The molecule has 8 heteroatoms. The first-order valence-electron chi connectivity index (χ1n) is 7.37. The minimum Gasteiger partial charge on any atom is -0.379 e. The van der Waals surface area contributed by atoms with E-state index in [0.29, 0.717) is 31.7 Å². The van der Waals surface area contributed by atoms with Gasteiger partial charge in [-0.1, -0.05) is 13.0 Å². The maximum Gasteiger partial charge on any atom is 0.292 e. The molecule has 0 aromatic heterocycles. The van der Waals surface area contributed by atoms with E-state index in [1.165, 1.54) is 0 Å². The Morgan fingerprint density at radius 1 is 1.35 bits per heavy atom. The van der Waals surface area contributed by atoms with Crippen molar-refractivity contribution in [2.45, 2.75) is 20.3 Å². The number of nitro benzene ring substituents is 1. The second-order valence-corrected chi connectivity index (χ2v) is 5.31. The number of halogens is 1. The molecular weight excluding hydrogens is 320 g/mol. The van der Waals surface area contributed by atoms with E-state index in [4.69, 9.17) is 0 Å². The second-order valence-electron chi connectivity index (χ2n) is 5.31. The molecule has 7 nitrogen and oxygen atoms in total. The lowest BCUT2D eigenvalue weighted by Gasteiger charge is -2.12. The Bertz CT molecular complexity index is 525. The van der Waals surface area contributed by atoms with E-state index in [9.17, 15) is 14.9 Å². The second kappa shape index (κ2) is 10.8. The summed E-state index contributed by atoms with van der Waals surface area (Å²) in [6.07, 6.45) is 0.697. The smallest absolute Gasteiger partial charge is 0.292 e. The van der Waals surface area contributed by atoms with E-state index in [1.807, 2.05) is 27.0 Å². The van der Waals surface area contributed by atoms with Gasteiger partial charge < -0.3 is 16.0 Å². The summed E-state index contributed by atoms with van der Waals surface area (Å²) in [4.78, 5) is 22.3. The molecule has 1 amide bonds. The van der Waals surface area contributed by atoms with Gasteiger partial charge in [-0.25, -0.2) is 0 Å². The Morgan fingerprint density at radius 2 is 2.04 bits per heavy atom. The van der Waals surface area contributed by atoms with Crippen LogP contribution in [0, 0.1) is 23.0 Å². The van der Waals surface area contributed by atoms with Gasteiger partial charge in [-0.3, -0.25) is 14.9 Å². The molecule has 23 heavy (non-hydrogen) atoms. The quantitative estimate of drug-likeness (QED) is 0.362. The number of amides is 1. The molecule has 1 rings (SSSR count). The van der Waals surface area contributed by atoms with Crippen molar-refractivity contribution in [2.75, 3.05) is 32.0 Å². The van der Waals surface area contributed by atoms with Crippen LogP contribution in [0.15, 0.2) is 18.2 Å². The zero-order valence-corrected chi connectivity index (χ0v) is 14.5. The molecule has 1 aromatic carbocycles. The number of nitro groups is 1. The highest BCUT2D eigenvalue weighted by Gasteiger charge is 2.13. The minimum absolute atomic E-state index is 0. The number of aryl methyl sites for hydroxylation is 1. The molecule has 1 aromatic rings. The lowest BCUT2D eigenvalue weighted by atomic mass is 10.1. The fraction of sp³-hybridized carbons (Fsp3) is 0.533. The largest absolute Gasteiger partial charge is 0.379 e. The molecule has 0 heterocycles. The van der Waals surface area contributed by atoms with E-state index in [0.717, 1.165) is 5.56 Å². The van der Waals surface area contributed by atoms with Crippen molar-refractivity contribution >= 4 is 29.7 Å². The van der Waals surface area contributed by atoms with E-state index in [2.05, 4.69) is 16.0 Å². The molecule has 0 saturated carbocycles. The molecule has 130 valence electrons. The van der Waals surface area contributed by atoms with Crippen LogP contribution in [-0.2, 0) is 4.79 Å². The van der Waals surface area contributed by atoms with E-state index < -0.39 is 4.92 Å². The first-order valence-corrected chi connectivity index (χ1v) is 7.37. The van der Waals surface area contributed by atoms with Crippen molar-refractivity contribution in [2.24, 2.45) is 5.92 Å². The van der Waals surface area contributed by atoms with Gasteiger partial charge in [0.25, 0.3) is 5.69 Å². The molecule has 0 aliphatic carbocycles. The first kappa shape index (κ1) is 21.1. The van der Waals surface area contributed by atoms with E-state index in [1.54, 1.807) is 12.1 Å². The summed E-state index contributed by atoms with van der Waals surface area (Å²) in [5.41, 5.74) is 1.43. The monoisotopic (exact) mass is 344 g/mol. The van der Waals surface area contributed by atoms with Gasteiger partial charge in [-0.15, -0.1) is 12.4 Å². The fourth-order valence-corrected chi connectivity index (χ4v) is 2.04. The highest BCUT2D eigenvalue weighted by Crippen LogP contribution is 2.24. The number of nitrogens with one attached hydrogen (secondary N) is 3. The van der Waals surface area contributed by atoms with Crippen LogP contribution in [0.5, 0.6) is 0 Å². The highest BCUT2D eigenvalue weighted by atomic mass is 35.5. The van der Waals surface area contributed by atoms with Crippen LogP contribution < -0.4 is 16.0 Å². The first-order chi connectivity index (χ1) is 10.5. The maximum absolute atomic E-state index is 11.7. The number of carbonyl (C=O) groups is 1. The van der Waals surface area contributed by atoms with Gasteiger partial charge in [0.15, 0.2) is 0 Å². The van der Waals surface area contributed by atoms with Crippen molar-refractivity contribution in [1.82, 2.24) is 10.6 Å². The van der Waals surface area contributed by atoms with Crippen LogP contribution >= 0.6 is 12.4 Å². The average Bonchev–Trinajstić information content (AvgIpc) is 2.48. The van der Waals surface area contributed by atoms with Crippen LogP contribution in [0.3, 0.4) is 0 Å². The summed E-state index contributed by atoms with van der Waals surface area (Å²) in [6.45, 7) is 5.42. The Balaban J connectivity index is 0.00000484. The number of nitrogens with zero attached hydrogens (tertiary/aromatic N) is 1. The molecule has 1 atom stereocenters. The van der Waals surface area contributed by atoms with Crippen LogP contribution in [0.25, 0.3) is 0 Å². The van der Waals surface area contributed by atoms with Gasteiger partial charge >= 0.3 is 0 Å². The third-order valence-corrected chi connectivity index (χ3v) is 3.28. The van der Waals surface area contributed by atoms with E-state index >= 15 is 0 Å². The predicted molar refractivity (Wildman–Crippen MR) is 94.3 cm³/mol. The molecule has 0 fully saturated rings. The number of anilines is 1. The standard InChI is InChI=1S/C15H24N4O3.ClH/c1-11-5-6-13(14(9-11)19(21)22)17-7-4-8-18-15(20)12(2)10-16-3;/h5-6,9,12,16-17H,4,7-8,10H2,1-3H3,(H,18,20);1H. The van der Waals surface area contributed by atoms with Crippen LogP contribution in [-0.4, -0.2) is 37.5 Å². The average molecular weight is 345 g/mol. The molecular formula is C15H25ClN4O3. The summed E-state index contributed by atoms with van der Waals surface area (Å²) in [6, 6.07) is 5.08. The molecule has 0 saturated heterocycles. The van der Waals surface area contributed by atoms with Crippen molar-refractivity contribution in [3.8, 4) is 0 Å². The molecule has 0 bridgehead atoms. The highest BCUT2D eigenvalue weighted by molar-refractivity contribution is 5.85. The summed E-state index contributed by atoms with van der Waals surface area (Å²) in [7, 11) is 1.81. The van der Waals surface area contributed by atoms with Crippen molar-refractivity contribution in [1.29, 1.82) is 0 Å². The van der Waals surface area contributed by atoms with Crippen LogP contribution in [0.4, 0.5) is 11.4 Å². The normalized spacial score (nSPS) is 11.3. The van der Waals surface area contributed by atoms with Gasteiger partial charge in [0.1, 0.15) is 5.69 Å². The topological polar surface area (TPSA) is 96.3 Å². The van der Waals surface area contributed by atoms with Crippen molar-refractivity contribution in [3.63, 3.8) is 0 Å². The number of rotatable bonds is 9. The number of benzene rings is 1. The lowest BCUT2D eigenvalue weighted by Crippen LogP contribution is -2.35. The van der Waals surface area contributed by atoms with Crippen LogP contribution in [0.1, 0.15) is 18.9 Å². The zero-order chi connectivity index (χ0) is 16.5. The summed E-state index contributed by atoms with van der Waals surface area (Å²) < 4.78 is 0. The van der Waals surface area contributed by atoms with Gasteiger partial charge in [-0.2, -0.15) is 0 Å². The Labute approximate surface area is 142 Å². The number of hydrogen-bond donors (Lipinski definition) is 3. The minimum atomic E-state index is -0.392. The van der Waals surface area contributed by atoms with Crippen molar-refractivity contribution < 1.29 is 9.72 Å². The third-order valence-electron chi connectivity index (χ3n) is 3.28. The Hall–Kier alpha value is -1.86. The van der Waals surface area contributed by atoms with Gasteiger partial charge in [0.2, 0.25) is 5.91 Å². The summed E-state index contributed by atoms with van der Waals surface area (Å²) >= 11 is 0. The summed E-state index contributed by atoms with van der Waals surface area (Å²) in [5, 5.41) is 19.8. The van der Waals surface area contributed by atoms with Crippen LogP contribution in [0.2, 0.25) is 0 Å². The molecule has 0 aliphatic heterocycles. The fourth-order valence-electron chi connectivity index (χ4n) is 2.04. The lowest BCUT2D eigenvalue weighted by molar-refractivity contribution is -0.384. The molecule has 1 unspecified atom stereocenters. The van der Waals surface area contributed by atoms with Gasteiger partial charge in [-0.05, 0) is 32.0 Å². The van der Waals surface area contributed by atoms with E-state index in [-0.39, 0.29) is 29.9 Å². The Kier molecular flexibility index (Phi) is 9.92. The molecule has 0 spiro atoms. The van der Waals surface area contributed by atoms with Crippen molar-refractivity contribution in [3.05, 3.63) is 33.9 Å². The number of hydrogen-bond acceptors (Lipinski definition) is 5. The molecule has 3 N–H and O–H groups in total. The Morgan fingerprint density at radius 3 is 2.65 bits per heavy atom. The molecule has 0 aliphatic rings. The van der Waals surface area contributed by atoms with Gasteiger partial charge in [0.05, 0.1) is 4.92 Å². The third kappa shape index (κ3) is 7.30. The van der Waals surface area contributed by atoms with Gasteiger partial charge in [0, 0.05) is 31.6 Å². The SMILES string of the molecule is CNCC(C)C(=O)NCCCNc1ccc(C)cc1[N+](=O)[O-].Cl. The maximum atomic E-state index is 11.7.